The number of hydrogen-bond acceptors (Lipinski definition) is 3. The maximum atomic E-state index is 12.9. The fourth-order valence-electron chi connectivity index (χ4n) is 3.35. The van der Waals surface area contributed by atoms with Gasteiger partial charge in [-0.05, 0) is 43.9 Å². The van der Waals surface area contributed by atoms with E-state index in [1.54, 1.807) is 18.5 Å². The first-order valence-corrected chi connectivity index (χ1v) is 10.4. The van der Waals surface area contributed by atoms with Crippen LogP contribution in [0.4, 0.5) is 5.69 Å². The third-order valence-electron chi connectivity index (χ3n) is 5.05. The Morgan fingerprint density at radius 2 is 1.85 bits per heavy atom. The van der Waals surface area contributed by atoms with Crippen LogP contribution in [0.15, 0.2) is 35.2 Å². The number of sulfonamides is 1. The largest absolute Gasteiger partial charge is 0.343 e. The first-order chi connectivity index (χ1) is 12.4. The molecule has 1 aliphatic rings. The van der Waals surface area contributed by atoms with Gasteiger partial charge in [0, 0.05) is 31.5 Å². The number of nitrogens with zero attached hydrogens (tertiary/aromatic N) is 2. The lowest BCUT2D eigenvalue weighted by molar-refractivity contribution is 0.101. The predicted octanol–water partition coefficient (Wildman–Crippen LogP) is 2.93. The minimum atomic E-state index is -3.56. The summed E-state index contributed by atoms with van der Waals surface area (Å²) < 4.78 is 28.9. The van der Waals surface area contributed by atoms with E-state index in [1.165, 1.54) is 10.4 Å². The smallest absolute Gasteiger partial charge is 0.272 e. The van der Waals surface area contributed by atoms with Crippen molar-refractivity contribution in [3.63, 3.8) is 0 Å². The van der Waals surface area contributed by atoms with Gasteiger partial charge in [-0.2, -0.15) is 4.31 Å². The summed E-state index contributed by atoms with van der Waals surface area (Å²) in [6.45, 7) is 4.85. The normalized spacial score (nSPS) is 15.3. The molecular weight excluding hydrogens is 350 g/mol. The number of nitrogens with one attached hydrogen (secondary N) is 1. The Kier molecular flexibility index (Phi) is 5.20. The van der Waals surface area contributed by atoms with Gasteiger partial charge >= 0.3 is 0 Å². The van der Waals surface area contributed by atoms with Gasteiger partial charge in [-0.3, -0.25) is 4.79 Å². The number of rotatable bonds is 5. The van der Waals surface area contributed by atoms with E-state index in [1.807, 2.05) is 31.2 Å². The molecule has 1 saturated heterocycles. The lowest BCUT2D eigenvalue weighted by Crippen LogP contribution is -2.28. The summed E-state index contributed by atoms with van der Waals surface area (Å²) in [6.07, 6.45) is 2.57. The lowest BCUT2D eigenvalue weighted by Gasteiger charge is -2.15. The zero-order valence-electron chi connectivity index (χ0n) is 15.4. The summed E-state index contributed by atoms with van der Waals surface area (Å²) in [7, 11) is -1.84. The Labute approximate surface area is 154 Å². The van der Waals surface area contributed by atoms with Crippen molar-refractivity contribution in [2.24, 2.45) is 7.05 Å². The first kappa shape index (κ1) is 18.7. The molecule has 0 atom stereocenters. The lowest BCUT2D eigenvalue weighted by atomic mass is 10.1. The molecular formula is C19H25N3O3S. The molecule has 3 rings (SSSR count). The molecule has 2 heterocycles. The Balaban J connectivity index is 1.93. The molecule has 0 unspecified atom stereocenters. The molecule has 6 nitrogen and oxygen atoms in total. The van der Waals surface area contributed by atoms with Crippen molar-refractivity contribution in [2.75, 3.05) is 18.4 Å². The van der Waals surface area contributed by atoms with Crippen LogP contribution in [0.1, 0.15) is 41.5 Å². The highest BCUT2D eigenvalue weighted by Crippen LogP contribution is 2.27. The Morgan fingerprint density at radius 3 is 2.50 bits per heavy atom. The van der Waals surface area contributed by atoms with Crippen LogP contribution in [0, 0.1) is 6.92 Å². The van der Waals surface area contributed by atoms with Gasteiger partial charge in [0.05, 0.1) is 0 Å². The van der Waals surface area contributed by atoms with Crippen LogP contribution in [0.5, 0.6) is 0 Å². The molecule has 140 valence electrons. The van der Waals surface area contributed by atoms with Gasteiger partial charge in [0.1, 0.15) is 10.6 Å². The van der Waals surface area contributed by atoms with Crippen LogP contribution in [0.2, 0.25) is 0 Å². The van der Waals surface area contributed by atoms with Crippen molar-refractivity contribution in [3.05, 3.63) is 47.3 Å². The predicted molar refractivity (Wildman–Crippen MR) is 102 cm³/mol. The first-order valence-electron chi connectivity index (χ1n) is 8.92. The summed E-state index contributed by atoms with van der Waals surface area (Å²) in [6, 6.07) is 9.12. The molecule has 0 aliphatic carbocycles. The fraction of sp³-hybridized carbons (Fsp3) is 0.421. The third-order valence-corrected chi connectivity index (χ3v) is 7.06. The second-order valence-electron chi connectivity index (χ2n) is 6.61. The zero-order chi connectivity index (χ0) is 18.9. The Hall–Kier alpha value is -2.12. The topological polar surface area (TPSA) is 71.4 Å². The number of para-hydroxylation sites is 1. The van der Waals surface area contributed by atoms with Gasteiger partial charge in [-0.15, -0.1) is 0 Å². The Morgan fingerprint density at radius 1 is 1.19 bits per heavy atom. The molecule has 0 spiro atoms. The van der Waals surface area contributed by atoms with Crippen LogP contribution < -0.4 is 5.32 Å². The van der Waals surface area contributed by atoms with E-state index in [-0.39, 0.29) is 10.8 Å². The van der Waals surface area contributed by atoms with E-state index < -0.39 is 10.0 Å². The van der Waals surface area contributed by atoms with Crippen LogP contribution in [-0.4, -0.2) is 36.3 Å². The van der Waals surface area contributed by atoms with Gasteiger partial charge < -0.3 is 9.88 Å². The number of hydrogen-bond donors (Lipinski definition) is 1. The number of carbonyl (C=O) groups is 1. The van der Waals surface area contributed by atoms with Crippen LogP contribution >= 0.6 is 0 Å². The average molecular weight is 375 g/mol. The number of anilines is 1. The molecule has 1 fully saturated rings. The highest BCUT2D eigenvalue weighted by molar-refractivity contribution is 7.89. The standard InChI is InChI=1S/C19H25N3O3S/c1-4-15-9-5-6-10-16(15)20-19(23)17-13-18(14(2)21(17)3)26(24,25)22-11-7-8-12-22/h5-6,9-10,13H,4,7-8,11-12H2,1-3H3,(H,20,23). The van der Waals surface area contributed by atoms with E-state index in [0.717, 1.165) is 30.5 Å². The van der Waals surface area contributed by atoms with Crippen molar-refractivity contribution in [2.45, 2.75) is 38.0 Å². The van der Waals surface area contributed by atoms with Gasteiger partial charge in [0.15, 0.2) is 0 Å². The average Bonchev–Trinajstić information content (AvgIpc) is 3.26. The summed E-state index contributed by atoms with van der Waals surface area (Å²) in [5.74, 6) is -0.306. The molecule has 0 radical (unpaired) electrons. The summed E-state index contributed by atoms with van der Waals surface area (Å²) in [5.41, 5.74) is 2.71. The molecule has 26 heavy (non-hydrogen) atoms. The molecule has 7 heteroatoms. The SMILES string of the molecule is CCc1ccccc1NC(=O)c1cc(S(=O)(=O)N2CCCC2)c(C)n1C. The number of aryl methyl sites for hydroxylation is 1. The number of amides is 1. The molecule has 0 bridgehead atoms. The van der Waals surface area contributed by atoms with Gasteiger partial charge in [0.2, 0.25) is 10.0 Å². The van der Waals surface area contributed by atoms with Crippen molar-refractivity contribution >= 4 is 21.6 Å². The number of carbonyl (C=O) groups excluding carboxylic acids is 1. The molecule has 1 aromatic heterocycles. The molecule has 0 saturated carbocycles. The molecule has 1 aromatic carbocycles. The van der Waals surface area contributed by atoms with Gasteiger partial charge in [0.25, 0.3) is 5.91 Å². The summed E-state index contributed by atoms with van der Waals surface area (Å²) in [4.78, 5) is 13.0. The summed E-state index contributed by atoms with van der Waals surface area (Å²) >= 11 is 0. The second-order valence-corrected chi connectivity index (χ2v) is 8.52. The number of aromatic nitrogens is 1. The maximum Gasteiger partial charge on any atom is 0.272 e. The van der Waals surface area contributed by atoms with E-state index in [0.29, 0.717) is 24.5 Å². The monoisotopic (exact) mass is 375 g/mol. The van der Waals surface area contributed by atoms with E-state index in [2.05, 4.69) is 5.32 Å². The minimum absolute atomic E-state index is 0.218. The molecule has 1 amide bonds. The highest BCUT2D eigenvalue weighted by atomic mass is 32.2. The van der Waals surface area contributed by atoms with E-state index >= 15 is 0 Å². The summed E-state index contributed by atoms with van der Waals surface area (Å²) in [5, 5.41) is 2.91. The van der Waals surface area contributed by atoms with Crippen molar-refractivity contribution < 1.29 is 13.2 Å². The Bertz CT molecular complexity index is 926. The van der Waals surface area contributed by atoms with Crippen LogP contribution in [-0.2, 0) is 23.5 Å². The molecule has 2 aromatic rings. The number of benzene rings is 1. The minimum Gasteiger partial charge on any atom is -0.343 e. The highest BCUT2D eigenvalue weighted by Gasteiger charge is 2.31. The van der Waals surface area contributed by atoms with Gasteiger partial charge in [-0.1, -0.05) is 25.1 Å². The van der Waals surface area contributed by atoms with Crippen LogP contribution in [0.25, 0.3) is 0 Å². The fourth-order valence-corrected chi connectivity index (χ4v) is 5.14. The van der Waals surface area contributed by atoms with E-state index in [9.17, 15) is 13.2 Å². The second kappa shape index (κ2) is 7.25. The van der Waals surface area contributed by atoms with Crippen molar-refractivity contribution in [1.29, 1.82) is 0 Å². The quantitative estimate of drug-likeness (QED) is 0.873. The van der Waals surface area contributed by atoms with Crippen LogP contribution in [0.3, 0.4) is 0 Å². The van der Waals surface area contributed by atoms with Crippen molar-refractivity contribution in [3.8, 4) is 0 Å². The maximum absolute atomic E-state index is 12.9. The molecule has 1 N–H and O–H groups in total. The van der Waals surface area contributed by atoms with E-state index in [4.69, 9.17) is 0 Å². The molecule has 1 aliphatic heterocycles. The van der Waals surface area contributed by atoms with Gasteiger partial charge in [-0.25, -0.2) is 8.42 Å². The van der Waals surface area contributed by atoms with Crippen molar-refractivity contribution in [1.82, 2.24) is 8.87 Å². The third kappa shape index (κ3) is 3.29. The zero-order valence-corrected chi connectivity index (χ0v) is 16.3.